The Hall–Kier alpha value is -3.42. The van der Waals surface area contributed by atoms with E-state index in [1.54, 1.807) is 0 Å². The smallest absolute Gasteiger partial charge is 0.0541 e. The van der Waals surface area contributed by atoms with Crippen molar-refractivity contribution < 1.29 is 0 Å². The Kier molecular flexibility index (Phi) is 7.14. The van der Waals surface area contributed by atoms with E-state index in [1.807, 2.05) is 0 Å². The van der Waals surface area contributed by atoms with E-state index in [0.29, 0.717) is 0 Å². The number of aromatic nitrogens is 2. The standard InChI is InChI=1S/C38H22Br4N2/c39-25-7-15-35-31(19-25)32-20-26(40)8-16-36(32)43(35)29-11-3-23(4-12-29)1-2-24-5-13-30(14-6-24)44-37-17-9-27(41)21-33(37)34-22-28(42)10-18-38(34)44/h1-22H/b2-1+. The molecule has 0 N–H and O–H groups in total. The average Bonchev–Trinajstić information content (AvgIpc) is 3.52. The molecule has 0 saturated carbocycles. The highest BCUT2D eigenvalue weighted by Crippen LogP contribution is 2.37. The fraction of sp³-hybridized carbons (Fsp3) is 0. The summed E-state index contributed by atoms with van der Waals surface area (Å²) in [5.74, 6) is 0. The maximum absolute atomic E-state index is 3.65. The van der Waals surface area contributed by atoms with Gasteiger partial charge in [0.1, 0.15) is 0 Å². The molecular weight excluding hydrogens is 804 g/mol. The minimum atomic E-state index is 1.08. The second-order valence-corrected chi connectivity index (χ2v) is 14.5. The zero-order valence-electron chi connectivity index (χ0n) is 23.1. The van der Waals surface area contributed by atoms with E-state index in [-0.39, 0.29) is 0 Å². The number of halogens is 4. The van der Waals surface area contributed by atoms with Crippen LogP contribution >= 0.6 is 63.7 Å². The minimum absolute atomic E-state index is 1.08. The van der Waals surface area contributed by atoms with Crippen molar-refractivity contribution in [2.75, 3.05) is 0 Å². The molecule has 8 aromatic rings. The number of hydrogen-bond acceptors (Lipinski definition) is 0. The van der Waals surface area contributed by atoms with Gasteiger partial charge in [0.05, 0.1) is 22.1 Å². The minimum Gasteiger partial charge on any atom is -0.309 e. The van der Waals surface area contributed by atoms with Crippen molar-refractivity contribution in [1.82, 2.24) is 9.13 Å². The van der Waals surface area contributed by atoms with Gasteiger partial charge in [0, 0.05) is 50.8 Å². The van der Waals surface area contributed by atoms with Gasteiger partial charge in [-0.15, -0.1) is 0 Å². The molecule has 0 radical (unpaired) electrons. The number of fused-ring (bicyclic) bond motifs is 6. The molecule has 6 aromatic carbocycles. The maximum Gasteiger partial charge on any atom is 0.0541 e. The van der Waals surface area contributed by atoms with Crippen LogP contribution in [0.1, 0.15) is 11.1 Å². The number of rotatable bonds is 4. The molecule has 0 atom stereocenters. The van der Waals surface area contributed by atoms with Gasteiger partial charge >= 0.3 is 0 Å². The molecule has 0 bridgehead atoms. The monoisotopic (exact) mass is 822 g/mol. The van der Waals surface area contributed by atoms with Crippen molar-refractivity contribution in [3.8, 4) is 11.4 Å². The lowest BCUT2D eigenvalue weighted by Crippen LogP contribution is -1.93. The van der Waals surface area contributed by atoms with Gasteiger partial charge < -0.3 is 9.13 Å². The second-order valence-electron chi connectivity index (χ2n) is 10.8. The topological polar surface area (TPSA) is 9.86 Å². The third-order valence-electron chi connectivity index (χ3n) is 8.15. The van der Waals surface area contributed by atoms with Gasteiger partial charge in [-0.25, -0.2) is 0 Å². The molecule has 8 rings (SSSR count). The summed E-state index contributed by atoms with van der Waals surface area (Å²) in [6.45, 7) is 0. The van der Waals surface area contributed by atoms with Gasteiger partial charge in [0.2, 0.25) is 0 Å². The molecule has 0 aliphatic rings. The van der Waals surface area contributed by atoms with Crippen LogP contribution in [0.5, 0.6) is 0 Å². The summed E-state index contributed by atoms with van der Waals surface area (Å²) in [5, 5.41) is 4.91. The molecule has 2 aromatic heterocycles. The Labute approximate surface area is 288 Å². The van der Waals surface area contributed by atoms with Crippen molar-refractivity contribution in [2.24, 2.45) is 0 Å². The first-order valence-corrected chi connectivity index (χ1v) is 17.3. The van der Waals surface area contributed by atoms with Gasteiger partial charge in [-0.1, -0.05) is 100 Å². The van der Waals surface area contributed by atoms with Crippen molar-refractivity contribution in [3.05, 3.63) is 150 Å². The van der Waals surface area contributed by atoms with E-state index in [4.69, 9.17) is 0 Å². The van der Waals surface area contributed by atoms with Crippen molar-refractivity contribution in [3.63, 3.8) is 0 Å². The summed E-state index contributed by atoms with van der Waals surface area (Å²) >= 11 is 14.6. The van der Waals surface area contributed by atoms with Crippen LogP contribution in [0.15, 0.2) is 139 Å². The van der Waals surface area contributed by atoms with Crippen LogP contribution in [0.3, 0.4) is 0 Å². The highest BCUT2D eigenvalue weighted by Gasteiger charge is 2.14. The van der Waals surface area contributed by atoms with Crippen LogP contribution < -0.4 is 0 Å². The predicted molar refractivity (Wildman–Crippen MR) is 201 cm³/mol. The maximum atomic E-state index is 3.65. The van der Waals surface area contributed by atoms with E-state index in [1.165, 1.54) is 43.6 Å². The van der Waals surface area contributed by atoms with Gasteiger partial charge in [-0.05, 0) is 108 Å². The molecule has 0 aliphatic carbocycles. The largest absolute Gasteiger partial charge is 0.309 e. The third kappa shape index (κ3) is 4.89. The third-order valence-corrected chi connectivity index (χ3v) is 10.1. The summed E-state index contributed by atoms with van der Waals surface area (Å²) in [6.07, 6.45) is 4.35. The van der Waals surface area contributed by atoms with Crippen LogP contribution in [0.25, 0.3) is 67.1 Å². The van der Waals surface area contributed by atoms with E-state index in [2.05, 4.69) is 206 Å². The van der Waals surface area contributed by atoms with Crippen LogP contribution in [-0.2, 0) is 0 Å². The molecule has 0 spiro atoms. The summed E-state index contributed by atoms with van der Waals surface area (Å²) in [5.41, 5.74) is 9.34. The SMILES string of the molecule is Brc1ccc2c(c1)c1cc(Br)ccc1n2-c1ccc(/C=C/c2ccc(-n3c4ccc(Br)cc4c4cc(Br)ccc43)cc2)cc1. The summed E-state index contributed by atoms with van der Waals surface area (Å²) in [6, 6.07) is 43.5. The highest BCUT2D eigenvalue weighted by atomic mass is 79.9. The second kappa shape index (κ2) is 11.2. The first-order valence-electron chi connectivity index (χ1n) is 14.1. The summed E-state index contributed by atoms with van der Waals surface area (Å²) < 4.78 is 8.98. The molecule has 6 heteroatoms. The molecule has 0 fully saturated rings. The first-order chi connectivity index (χ1) is 21.4. The van der Waals surface area contributed by atoms with E-state index >= 15 is 0 Å². The molecule has 2 heterocycles. The van der Waals surface area contributed by atoms with E-state index < -0.39 is 0 Å². The Balaban J connectivity index is 1.11. The van der Waals surface area contributed by atoms with Crippen molar-refractivity contribution >= 4 is 119 Å². The molecule has 212 valence electrons. The Bertz CT molecular complexity index is 2120. The van der Waals surface area contributed by atoms with Crippen molar-refractivity contribution in [2.45, 2.75) is 0 Å². The fourth-order valence-electron chi connectivity index (χ4n) is 6.15. The molecule has 2 nitrogen and oxygen atoms in total. The zero-order valence-corrected chi connectivity index (χ0v) is 29.5. The normalized spacial score (nSPS) is 12.0. The molecule has 0 unspecified atom stereocenters. The number of nitrogens with zero attached hydrogens (tertiary/aromatic N) is 2. The Morgan fingerprint density at radius 3 is 0.886 bits per heavy atom. The Morgan fingerprint density at radius 2 is 0.614 bits per heavy atom. The fourth-order valence-corrected chi connectivity index (χ4v) is 7.60. The zero-order chi connectivity index (χ0) is 29.9. The number of benzene rings is 6. The number of hydrogen-bond donors (Lipinski definition) is 0. The van der Waals surface area contributed by atoms with Gasteiger partial charge in [0.25, 0.3) is 0 Å². The molecule has 0 saturated heterocycles. The molecule has 0 aliphatic heterocycles. The van der Waals surface area contributed by atoms with Gasteiger partial charge in [-0.2, -0.15) is 0 Å². The van der Waals surface area contributed by atoms with E-state index in [0.717, 1.165) is 40.4 Å². The van der Waals surface area contributed by atoms with Gasteiger partial charge in [-0.3, -0.25) is 0 Å². The lowest BCUT2D eigenvalue weighted by molar-refractivity contribution is 1.18. The molecular formula is C38H22Br4N2. The summed E-state index contributed by atoms with van der Waals surface area (Å²) in [4.78, 5) is 0. The highest BCUT2D eigenvalue weighted by molar-refractivity contribution is 9.11. The van der Waals surface area contributed by atoms with Crippen LogP contribution in [0, 0.1) is 0 Å². The van der Waals surface area contributed by atoms with Gasteiger partial charge in [0.15, 0.2) is 0 Å². The average molecular weight is 826 g/mol. The van der Waals surface area contributed by atoms with Crippen LogP contribution in [-0.4, -0.2) is 9.13 Å². The Morgan fingerprint density at radius 1 is 0.341 bits per heavy atom. The lowest BCUT2D eigenvalue weighted by atomic mass is 10.1. The molecule has 0 amide bonds. The quantitative estimate of drug-likeness (QED) is 0.156. The molecule has 44 heavy (non-hydrogen) atoms. The van der Waals surface area contributed by atoms with Crippen LogP contribution in [0.4, 0.5) is 0 Å². The van der Waals surface area contributed by atoms with Crippen LogP contribution in [0.2, 0.25) is 0 Å². The first kappa shape index (κ1) is 28.1. The van der Waals surface area contributed by atoms with Crippen molar-refractivity contribution in [1.29, 1.82) is 0 Å². The predicted octanol–water partition coefficient (Wildman–Crippen LogP) is 13.1. The lowest BCUT2D eigenvalue weighted by Gasteiger charge is -2.09. The summed E-state index contributed by atoms with van der Waals surface area (Å²) in [7, 11) is 0. The van der Waals surface area contributed by atoms with E-state index in [9.17, 15) is 0 Å².